The van der Waals surface area contributed by atoms with Gasteiger partial charge in [0.2, 0.25) is 0 Å². The molecule has 1 aromatic rings. The standard InChI is InChI=1S/C22H31NO4S2/c1-22(27,12-9-15-4-2-5-15)11-3-6-16-7-8-19(24)17(16)10-13-28-21-23-18(14-29-21)20(25)26/h3,6,14-17,27H,2,4-5,7-13H2,1H3,(H,25,26)/b6-3+/t16-,17+,22-/m0/s1. The number of hydrogen-bond acceptors (Lipinski definition) is 6. The highest BCUT2D eigenvalue weighted by atomic mass is 32.2. The van der Waals surface area contributed by atoms with Gasteiger partial charge in [0.1, 0.15) is 5.78 Å². The monoisotopic (exact) mass is 437 g/mol. The van der Waals surface area contributed by atoms with Crippen LogP contribution in [0.3, 0.4) is 0 Å². The third-order valence-corrected chi connectivity index (χ3v) is 8.32. The molecule has 1 aromatic heterocycles. The van der Waals surface area contributed by atoms with Crippen LogP contribution in [0.5, 0.6) is 0 Å². The maximum Gasteiger partial charge on any atom is 0.355 e. The summed E-state index contributed by atoms with van der Waals surface area (Å²) in [6.07, 6.45) is 13.1. The van der Waals surface area contributed by atoms with E-state index in [2.05, 4.69) is 17.1 Å². The number of nitrogens with zero attached hydrogens (tertiary/aromatic N) is 1. The fraction of sp³-hybridized carbons (Fsp3) is 0.682. The van der Waals surface area contributed by atoms with Gasteiger partial charge in [-0.15, -0.1) is 11.3 Å². The van der Waals surface area contributed by atoms with Gasteiger partial charge in [0.15, 0.2) is 10.0 Å². The molecule has 0 saturated heterocycles. The first-order chi connectivity index (χ1) is 13.8. The van der Waals surface area contributed by atoms with Crippen LogP contribution in [0, 0.1) is 17.8 Å². The van der Waals surface area contributed by atoms with Crippen LogP contribution < -0.4 is 0 Å². The zero-order valence-corrected chi connectivity index (χ0v) is 18.6. The zero-order chi connectivity index (χ0) is 20.9. The Bertz CT molecular complexity index is 739. The summed E-state index contributed by atoms with van der Waals surface area (Å²) < 4.78 is 0.738. The summed E-state index contributed by atoms with van der Waals surface area (Å²) in [5.41, 5.74) is -0.577. The largest absolute Gasteiger partial charge is 0.476 e. The molecule has 3 atom stereocenters. The highest BCUT2D eigenvalue weighted by Crippen LogP contribution is 2.36. The van der Waals surface area contributed by atoms with E-state index in [1.54, 1.807) is 5.38 Å². The van der Waals surface area contributed by atoms with E-state index < -0.39 is 11.6 Å². The number of Topliss-reactive ketones (excluding diaryl/α,β-unsaturated/α-hetero) is 1. The van der Waals surface area contributed by atoms with Gasteiger partial charge in [-0.25, -0.2) is 9.78 Å². The number of thiazole rings is 1. The molecule has 29 heavy (non-hydrogen) atoms. The van der Waals surface area contributed by atoms with Gasteiger partial charge < -0.3 is 10.2 Å². The van der Waals surface area contributed by atoms with Gasteiger partial charge in [0.05, 0.1) is 5.60 Å². The second-order valence-electron chi connectivity index (χ2n) is 8.68. The molecule has 7 heteroatoms. The quantitative estimate of drug-likeness (QED) is 0.366. The number of carbonyl (C=O) groups excluding carboxylic acids is 1. The molecular formula is C22H31NO4S2. The predicted molar refractivity (Wildman–Crippen MR) is 117 cm³/mol. The van der Waals surface area contributed by atoms with E-state index in [-0.39, 0.29) is 17.5 Å². The number of ketones is 1. The van der Waals surface area contributed by atoms with Crippen molar-refractivity contribution in [3.8, 4) is 0 Å². The predicted octanol–water partition coefficient (Wildman–Crippen LogP) is 5.20. The van der Waals surface area contributed by atoms with Gasteiger partial charge in [-0.2, -0.15) is 0 Å². The summed E-state index contributed by atoms with van der Waals surface area (Å²) in [6, 6.07) is 0. The number of carboxylic acid groups (broad SMARTS) is 1. The number of allylic oxidation sites excluding steroid dienone is 1. The van der Waals surface area contributed by atoms with Crippen LogP contribution in [0.4, 0.5) is 0 Å². The fourth-order valence-electron chi connectivity index (χ4n) is 4.13. The molecule has 2 fully saturated rings. The Kier molecular flexibility index (Phi) is 7.93. The van der Waals surface area contributed by atoms with E-state index >= 15 is 0 Å². The molecule has 0 aromatic carbocycles. The number of rotatable bonds is 11. The van der Waals surface area contributed by atoms with Crippen LogP contribution >= 0.6 is 23.1 Å². The maximum absolute atomic E-state index is 12.3. The number of carboxylic acids is 1. The molecule has 0 aliphatic heterocycles. The number of aliphatic hydroxyl groups is 1. The molecule has 1 heterocycles. The Balaban J connectivity index is 1.43. The van der Waals surface area contributed by atoms with Crippen LogP contribution in [-0.2, 0) is 4.79 Å². The van der Waals surface area contributed by atoms with E-state index in [9.17, 15) is 14.7 Å². The van der Waals surface area contributed by atoms with Crippen LogP contribution in [0.2, 0.25) is 0 Å². The van der Waals surface area contributed by atoms with Crippen LogP contribution in [0.1, 0.15) is 75.2 Å². The van der Waals surface area contributed by atoms with Gasteiger partial charge in [-0.3, -0.25) is 4.79 Å². The van der Waals surface area contributed by atoms with Crippen molar-refractivity contribution in [2.24, 2.45) is 17.8 Å². The van der Waals surface area contributed by atoms with Crippen molar-refractivity contribution in [1.29, 1.82) is 0 Å². The normalized spacial score (nSPS) is 24.7. The fourth-order valence-corrected chi connectivity index (χ4v) is 6.02. The molecule has 0 bridgehead atoms. The molecule has 2 N–H and O–H groups in total. The molecule has 5 nitrogen and oxygen atoms in total. The van der Waals surface area contributed by atoms with Crippen molar-refractivity contribution in [3.05, 3.63) is 23.2 Å². The minimum atomic E-state index is -1.01. The van der Waals surface area contributed by atoms with Gasteiger partial charge in [-0.05, 0) is 50.9 Å². The molecule has 2 saturated carbocycles. The Hall–Kier alpha value is -1.18. The first-order valence-corrected chi connectivity index (χ1v) is 12.4. The van der Waals surface area contributed by atoms with Crippen molar-refractivity contribution < 1.29 is 19.8 Å². The molecular weight excluding hydrogens is 406 g/mol. The van der Waals surface area contributed by atoms with Crippen LogP contribution in [0.25, 0.3) is 0 Å². The lowest BCUT2D eigenvalue weighted by Gasteiger charge is -2.29. The van der Waals surface area contributed by atoms with Crippen molar-refractivity contribution in [2.75, 3.05) is 5.75 Å². The summed E-state index contributed by atoms with van der Waals surface area (Å²) in [7, 11) is 0. The Morgan fingerprint density at radius 1 is 1.38 bits per heavy atom. The van der Waals surface area contributed by atoms with Crippen LogP contribution in [-0.4, -0.2) is 38.3 Å². The van der Waals surface area contributed by atoms with Crippen LogP contribution in [0.15, 0.2) is 21.9 Å². The number of hydrogen-bond donors (Lipinski definition) is 2. The average molecular weight is 438 g/mol. The summed E-state index contributed by atoms with van der Waals surface area (Å²) in [6.45, 7) is 1.92. The third kappa shape index (κ3) is 6.66. The maximum atomic E-state index is 12.3. The van der Waals surface area contributed by atoms with Crippen molar-refractivity contribution in [1.82, 2.24) is 4.98 Å². The van der Waals surface area contributed by atoms with Gasteiger partial charge in [0.25, 0.3) is 0 Å². The lowest BCUT2D eigenvalue weighted by atomic mass is 9.79. The molecule has 0 unspecified atom stereocenters. The average Bonchev–Trinajstić information content (AvgIpc) is 3.22. The smallest absolute Gasteiger partial charge is 0.355 e. The molecule has 2 aliphatic carbocycles. The van der Waals surface area contributed by atoms with Crippen molar-refractivity contribution in [3.63, 3.8) is 0 Å². The van der Waals surface area contributed by atoms with Crippen molar-refractivity contribution in [2.45, 2.75) is 74.7 Å². The van der Waals surface area contributed by atoms with E-state index in [4.69, 9.17) is 5.11 Å². The molecule has 0 radical (unpaired) electrons. The molecule has 0 amide bonds. The van der Waals surface area contributed by atoms with Gasteiger partial charge >= 0.3 is 5.97 Å². The van der Waals surface area contributed by atoms with E-state index in [1.807, 2.05) is 6.92 Å². The van der Waals surface area contributed by atoms with Gasteiger partial charge in [-0.1, -0.05) is 43.2 Å². The number of aromatic nitrogens is 1. The third-order valence-electron chi connectivity index (χ3n) is 6.27. The minimum absolute atomic E-state index is 0.0255. The highest BCUT2D eigenvalue weighted by molar-refractivity contribution is 8.01. The van der Waals surface area contributed by atoms with E-state index in [0.29, 0.717) is 18.6 Å². The first-order valence-electron chi connectivity index (χ1n) is 10.6. The lowest BCUT2D eigenvalue weighted by molar-refractivity contribution is -0.121. The lowest BCUT2D eigenvalue weighted by Crippen LogP contribution is -2.25. The number of thioether (sulfide) groups is 1. The second-order valence-corrected chi connectivity index (χ2v) is 10.9. The number of carbonyl (C=O) groups is 2. The Morgan fingerprint density at radius 3 is 2.83 bits per heavy atom. The van der Waals surface area contributed by atoms with E-state index in [0.717, 1.165) is 41.7 Å². The minimum Gasteiger partial charge on any atom is -0.476 e. The first kappa shape index (κ1) is 22.5. The summed E-state index contributed by atoms with van der Waals surface area (Å²) in [5, 5.41) is 21.1. The highest BCUT2D eigenvalue weighted by Gasteiger charge is 2.32. The van der Waals surface area contributed by atoms with E-state index in [1.165, 1.54) is 42.4 Å². The molecule has 2 aliphatic rings. The summed E-state index contributed by atoms with van der Waals surface area (Å²) >= 11 is 2.86. The van der Waals surface area contributed by atoms with Gasteiger partial charge in [0, 0.05) is 23.5 Å². The molecule has 3 rings (SSSR count). The molecule has 0 spiro atoms. The summed E-state index contributed by atoms with van der Waals surface area (Å²) in [5.74, 6) is 1.15. The topological polar surface area (TPSA) is 87.5 Å². The second kappa shape index (κ2) is 10.2. The summed E-state index contributed by atoms with van der Waals surface area (Å²) in [4.78, 5) is 27.3. The Labute approximate surface area is 181 Å². The molecule has 160 valence electrons. The van der Waals surface area contributed by atoms with Crippen molar-refractivity contribution >= 4 is 34.9 Å². The zero-order valence-electron chi connectivity index (χ0n) is 17.0. The SMILES string of the molecule is C[C@](O)(C/C=C/[C@H]1CCC(=O)[C@@H]1CCSc1nc(C(=O)O)cs1)CCC1CCC1. The Morgan fingerprint density at radius 2 is 2.17 bits per heavy atom. The number of aromatic carboxylic acids is 1.